The van der Waals surface area contributed by atoms with Crippen LogP contribution in [0.3, 0.4) is 0 Å². The molecule has 1 aliphatic rings. The van der Waals surface area contributed by atoms with Gasteiger partial charge in [0.05, 0.1) is 7.11 Å². The van der Waals surface area contributed by atoms with Crippen molar-refractivity contribution in [2.24, 2.45) is 0 Å². The average Bonchev–Trinajstić information content (AvgIpc) is 2.66. The Morgan fingerprint density at radius 1 is 1.20 bits per heavy atom. The van der Waals surface area contributed by atoms with Crippen molar-refractivity contribution < 1.29 is 9.53 Å². The number of methoxy groups -OCH3 is 1. The van der Waals surface area contributed by atoms with Gasteiger partial charge in [-0.1, -0.05) is 36.4 Å². The normalized spacial score (nSPS) is 13.4. The van der Waals surface area contributed by atoms with Crippen LogP contribution in [0.4, 0.5) is 5.69 Å². The van der Waals surface area contributed by atoms with Crippen LogP contribution in [-0.4, -0.2) is 24.7 Å². The third-order valence-corrected chi connectivity index (χ3v) is 4.46. The molecule has 1 N–H and O–H groups in total. The number of hydrogen-bond donors (Lipinski definition) is 1. The Kier molecular flexibility index (Phi) is 5.46. The second-order valence-electron chi connectivity index (χ2n) is 5.75. The van der Waals surface area contributed by atoms with Gasteiger partial charge in [0.25, 0.3) is 0 Å². The number of amides is 1. The molecule has 1 heterocycles. The molecule has 0 bridgehead atoms. The molecule has 0 saturated heterocycles. The van der Waals surface area contributed by atoms with Gasteiger partial charge in [-0.15, -0.1) is 0 Å². The summed E-state index contributed by atoms with van der Waals surface area (Å²) in [6.07, 6.45) is 5.25. The summed E-state index contributed by atoms with van der Waals surface area (Å²) < 4.78 is 5.28. The zero-order valence-corrected chi connectivity index (χ0v) is 14.9. The summed E-state index contributed by atoms with van der Waals surface area (Å²) in [6.45, 7) is 0.812. The molecule has 0 radical (unpaired) electrons. The van der Waals surface area contributed by atoms with Gasteiger partial charge < -0.3 is 9.64 Å². The number of carbonyl (C=O) groups excluding carboxylic acids is 1. The van der Waals surface area contributed by atoms with Crippen LogP contribution >= 0.6 is 12.2 Å². The SMILES string of the molecule is COc1ccccc1/C=C/C(=O)NC(=S)N1CCCc2ccccc21. The van der Waals surface area contributed by atoms with E-state index in [4.69, 9.17) is 17.0 Å². The van der Waals surface area contributed by atoms with Crippen LogP contribution in [0, 0.1) is 0 Å². The summed E-state index contributed by atoms with van der Waals surface area (Å²) in [5.74, 6) is 0.470. The first-order valence-electron chi connectivity index (χ1n) is 8.20. The molecular formula is C20H20N2O2S. The molecular weight excluding hydrogens is 332 g/mol. The minimum atomic E-state index is -0.251. The van der Waals surface area contributed by atoms with Crippen molar-refractivity contribution in [3.05, 3.63) is 65.7 Å². The van der Waals surface area contributed by atoms with Gasteiger partial charge in [0, 0.05) is 23.9 Å². The molecule has 5 heteroatoms. The predicted octanol–water partition coefficient (Wildman–Crippen LogP) is 3.56. The molecule has 0 spiro atoms. The number of aryl methyl sites for hydroxylation is 1. The second kappa shape index (κ2) is 7.94. The lowest BCUT2D eigenvalue weighted by Crippen LogP contribution is -2.44. The second-order valence-corrected chi connectivity index (χ2v) is 6.14. The zero-order chi connectivity index (χ0) is 17.6. The Bertz CT molecular complexity index is 817. The number of hydrogen-bond acceptors (Lipinski definition) is 3. The molecule has 0 aromatic heterocycles. The van der Waals surface area contributed by atoms with Crippen LogP contribution in [0.1, 0.15) is 17.5 Å². The maximum Gasteiger partial charge on any atom is 0.250 e. The molecule has 1 amide bonds. The quantitative estimate of drug-likeness (QED) is 0.677. The number of nitrogens with one attached hydrogen (secondary N) is 1. The molecule has 4 nitrogen and oxygen atoms in total. The van der Waals surface area contributed by atoms with Gasteiger partial charge in [0.15, 0.2) is 5.11 Å². The van der Waals surface area contributed by atoms with E-state index >= 15 is 0 Å². The highest BCUT2D eigenvalue weighted by atomic mass is 32.1. The summed E-state index contributed by atoms with van der Waals surface area (Å²) in [4.78, 5) is 14.2. The van der Waals surface area contributed by atoms with Crippen molar-refractivity contribution in [1.29, 1.82) is 0 Å². The van der Waals surface area contributed by atoms with Crippen molar-refractivity contribution >= 4 is 35.0 Å². The van der Waals surface area contributed by atoms with Crippen molar-refractivity contribution in [1.82, 2.24) is 5.32 Å². The van der Waals surface area contributed by atoms with E-state index in [1.807, 2.05) is 47.4 Å². The largest absolute Gasteiger partial charge is 0.496 e. The van der Waals surface area contributed by atoms with Crippen molar-refractivity contribution in [2.75, 3.05) is 18.6 Å². The zero-order valence-electron chi connectivity index (χ0n) is 14.1. The topological polar surface area (TPSA) is 41.6 Å². The van der Waals surface area contributed by atoms with Gasteiger partial charge >= 0.3 is 0 Å². The Labute approximate surface area is 153 Å². The molecule has 0 atom stereocenters. The first-order chi connectivity index (χ1) is 12.2. The Morgan fingerprint density at radius 3 is 2.80 bits per heavy atom. The molecule has 0 unspecified atom stereocenters. The standard InChI is InChI=1S/C20H20N2O2S/c1-24-18-11-5-3-8-16(18)12-13-19(23)21-20(25)22-14-6-9-15-7-2-4-10-17(15)22/h2-5,7-8,10-13H,6,9,14H2,1H3,(H,21,23,25)/b13-12+. The Balaban J connectivity index is 1.67. The fourth-order valence-electron chi connectivity index (χ4n) is 2.93. The summed E-state index contributed by atoms with van der Waals surface area (Å²) in [5.41, 5.74) is 3.18. The maximum absolute atomic E-state index is 12.2. The molecule has 2 aromatic rings. The van der Waals surface area contributed by atoms with E-state index in [1.165, 1.54) is 11.6 Å². The van der Waals surface area contributed by atoms with Crippen molar-refractivity contribution in [2.45, 2.75) is 12.8 Å². The smallest absolute Gasteiger partial charge is 0.250 e. The van der Waals surface area contributed by atoms with E-state index in [1.54, 1.807) is 13.2 Å². The number of thiocarbonyl (C=S) groups is 1. The van der Waals surface area contributed by atoms with E-state index in [-0.39, 0.29) is 5.91 Å². The molecule has 0 fully saturated rings. The summed E-state index contributed by atoms with van der Waals surface area (Å²) >= 11 is 5.44. The molecule has 0 saturated carbocycles. The van der Waals surface area contributed by atoms with Gasteiger partial charge in [-0.3, -0.25) is 10.1 Å². The van der Waals surface area contributed by atoms with Crippen LogP contribution in [0.5, 0.6) is 5.75 Å². The molecule has 0 aliphatic carbocycles. The van der Waals surface area contributed by atoms with Crippen molar-refractivity contribution in [3.63, 3.8) is 0 Å². The van der Waals surface area contributed by atoms with Gasteiger partial charge in [0.1, 0.15) is 5.75 Å². The third kappa shape index (κ3) is 4.06. The van der Waals surface area contributed by atoms with Crippen LogP contribution in [0.2, 0.25) is 0 Å². The highest BCUT2D eigenvalue weighted by molar-refractivity contribution is 7.80. The van der Waals surface area contributed by atoms with Gasteiger partial charge in [0.2, 0.25) is 5.91 Å². The summed E-state index contributed by atoms with van der Waals surface area (Å²) in [5, 5.41) is 3.22. The number of carbonyl (C=O) groups is 1. The van der Waals surface area contributed by atoms with Crippen LogP contribution in [0.25, 0.3) is 6.08 Å². The van der Waals surface area contributed by atoms with E-state index in [2.05, 4.69) is 11.4 Å². The highest BCUT2D eigenvalue weighted by Gasteiger charge is 2.20. The lowest BCUT2D eigenvalue weighted by atomic mass is 10.0. The summed E-state index contributed by atoms with van der Waals surface area (Å²) in [7, 11) is 1.61. The molecule has 25 heavy (non-hydrogen) atoms. The summed E-state index contributed by atoms with van der Waals surface area (Å²) in [6, 6.07) is 15.7. The van der Waals surface area contributed by atoms with E-state index in [0.717, 1.165) is 36.4 Å². The van der Waals surface area contributed by atoms with E-state index in [9.17, 15) is 4.79 Å². The monoisotopic (exact) mass is 352 g/mol. The van der Waals surface area contributed by atoms with Gasteiger partial charge in [-0.05, 0) is 48.8 Å². The molecule has 2 aromatic carbocycles. The number of fused-ring (bicyclic) bond motifs is 1. The lowest BCUT2D eigenvalue weighted by Gasteiger charge is -2.31. The maximum atomic E-state index is 12.2. The van der Waals surface area contributed by atoms with E-state index < -0.39 is 0 Å². The van der Waals surface area contributed by atoms with Crippen LogP contribution in [0.15, 0.2) is 54.6 Å². The Morgan fingerprint density at radius 2 is 1.96 bits per heavy atom. The third-order valence-electron chi connectivity index (χ3n) is 4.14. The van der Waals surface area contributed by atoms with E-state index in [0.29, 0.717) is 5.11 Å². The molecule has 128 valence electrons. The van der Waals surface area contributed by atoms with Crippen molar-refractivity contribution in [3.8, 4) is 5.75 Å². The van der Waals surface area contributed by atoms with Gasteiger partial charge in [-0.2, -0.15) is 0 Å². The van der Waals surface area contributed by atoms with Crippen LogP contribution < -0.4 is 15.0 Å². The first kappa shape index (κ1) is 17.2. The predicted molar refractivity (Wildman–Crippen MR) is 105 cm³/mol. The highest BCUT2D eigenvalue weighted by Crippen LogP contribution is 2.26. The number of anilines is 1. The number of para-hydroxylation sites is 2. The average molecular weight is 352 g/mol. The van der Waals surface area contributed by atoms with Gasteiger partial charge in [-0.25, -0.2) is 0 Å². The lowest BCUT2D eigenvalue weighted by molar-refractivity contribution is -0.115. The minimum absolute atomic E-state index is 0.251. The minimum Gasteiger partial charge on any atom is -0.496 e. The first-order valence-corrected chi connectivity index (χ1v) is 8.61. The fraction of sp³-hybridized carbons (Fsp3) is 0.200. The number of nitrogens with zero attached hydrogens (tertiary/aromatic N) is 1. The molecule has 1 aliphatic heterocycles. The number of ether oxygens (including phenoxy) is 1. The Hall–Kier alpha value is -2.66. The fourth-order valence-corrected chi connectivity index (χ4v) is 3.22. The molecule has 3 rings (SSSR count). The number of benzene rings is 2. The number of rotatable bonds is 3. The van der Waals surface area contributed by atoms with Crippen LogP contribution in [-0.2, 0) is 11.2 Å².